The molecule has 10 nitrogen and oxygen atoms in total. The Hall–Kier alpha value is -10.3. The highest BCUT2D eigenvalue weighted by molar-refractivity contribution is 6.85. The van der Waals surface area contributed by atoms with Crippen molar-refractivity contribution in [1.29, 1.82) is 10.5 Å². The zero-order valence-corrected chi connectivity index (χ0v) is 51.7. The van der Waals surface area contributed by atoms with Gasteiger partial charge in [-0.05, 0) is 109 Å². The van der Waals surface area contributed by atoms with Crippen molar-refractivity contribution >= 4 is 79.5 Å². The maximum absolute atomic E-state index is 12.5. The number of unbranched alkanes of at least 4 members (excludes halogenated alkanes) is 2. The predicted octanol–water partition coefficient (Wildman–Crippen LogP) is 13.6. The summed E-state index contributed by atoms with van der Waals surface area (Å²) in [5.74, 6) is 2.34. The molecule has 0 spiro atoms. The van der Waals surface area contributed by atoms with Crippen LogP contribution < -0.4 is 42.0 Å². The van der Waals surface area contributed by atoms with Crippen LogP contribution in [0.5, 0.6) is 11.5 Å². The van der Waals surface area contributed by atoms with Crippen molar-refractivity contribution in [2.24, 2.45) is 11.8 Å². The van der Waals surface area contributed by atoms with Crippen LogP contribution in [0.1, 0.15) is 90.4 Å². The van der Waals surface area contributed by atoms with Gasteiger partial charge in [0.2, 0.25) is 0 Å². The van der Waals surface area contributed by atoms with Crippen LogP contribution in [0.3, 0.4) is 0 Å². The van der Waals surface area contributed by atoms with Gasteiger partial charge in [-0.25, -0.2) is 9.97 Å². The first-order valence-electron chi connectivity index (χ1n) is 31.9. The number of nitrogens with zero attached hydrogens (tertiary/aromatic N) is 8. The lowest BCUT2D eigenvalue weighted by Crippen LogP contribution is -2.54. The molecule has 0 saturated heterocycles. The second kappa shape index (κ2) is 28.3. The van der Waals surface area contributed by atoms with E-state index in [4.69, 9.17) is 29.4 Å². The number of ether oxygens (including phenoxy) is 2. The number of rotatable bonds is 24. The molecular weight excluding hydrogens is 1100 g/mol. The molecule has 4 aromatic heterocycles. The monoisotopic (exact) mass is 1170 g/mol. The van der Waals surface area contributed by atoms with Crippen LogP contribution in [-0.2, 0) is 0 Å². The van der Waals surface area contributed by atoms with Gasteiger partial charge >= 0.3 is 13.7 Å². The quantitative estimate of drug-likeness (QED) is 0.0547. The minimum absolute atomic E-state index is 0.293. The number of hydrogen-bond donors (Lipinski definition) is 0. The minimum Gasteiger partial charge on any atom is -0.493 e. The van der Waals surface area contributed by atoms with Crippen LogP contribution in [-0.4, -0.2) is 55.8 Å². The smallest absolute Gasteiger partial charge is 0.328 e. The Balaban J connectivity index is 1.34. The summed E-state index contributed by atoms with van der Waals surface area (Å²) >= 11 is 0. The number of hydrogen-bond acceptors (Lipinski definition) is 8. The molecule has 0 N–H and O–H groups in total. The summed E-state index contributed by atoms with van der Waals surface area (Å²) in [6.07, 6.45) is 12.2. The lowest BCUT2D eigenvalue weighted by Gasteiger charge is -2.24. The molecule has 90 heavy (non-hydrogen) atoms. The van der Waals surface area contributed by atoms with E-state index in [9.17, 15) is 10.5 Å². The topological polar surface area (TPSA) is 127 Å². The standard InChI is InChI=1S/C78H72B2N8O2/c1-5-9-27-55(7-3)53-89-63-45-41-57(42-46-63)75-73-74(78(66(50-82)72-52-84-68-38-24-26-40-70(68)86-72)87(75)79(59-29-15-11-16-30-59)60-31-17-12-18-32-60)76(58-43-47-64(48-44-58)90-54-56(8-4)28-10-6-2)88(80(61-33-19-13-20-34-61)62-35-21-14-22-36-62)77(73)65(49-81)71-51-83-67-37-23-25-39-69(67)85-71/h11-26,29-48,51-52,55-56H,5-10,27-28,53-54H2,1-4H3/b77-65-,78-66-. The largest absolute Gasteiger partial charge is 0.493 e. The minimum atomic E-state index is -0.574. The Morgan fingerprint density at radius 3 is 1.06 bits per heavy atom. The molecule has 442 valence electrons. The third-order valence-electron chi connectivity index (χ3n) is 17.6. The summed E-state index contributed by atoms with van der Waals surface area (Å²) in [5, 5.41) is 27.6. The Kier molecular flexibility index (Phi) is 18.8. The van der Waals surface area contributed by atoms with Gasteiger partial charge in [0.05, 0.1) is 58.4 Å². The molecule has 12 rings (SSSR count). The van der Waals surface area contributed by atoms with Crippen molar-refractivity contribution in [2.75, 3.05) is 13.2 Å². The van der Waals surface area contributed by atoms with Gasteiger partial charge in [-0.15, -0.1) is 0 Å². The highest BCUT2D eigenvalue weighted by atomic mass is 16.5. The van der Waals surface area contributed by atoms with Gasteiger partial charge in [0, 0.05) is 22.2 Å². The molecule has 0 saturated carbocycles. The number of aromatic nitrogens is 6. The molecule has 4 heterocycles. The predicted molar refractivity (Wildman–Crippen MR) is 370 cm³/mol. The molecule has 0 amide bonds. The van der Waals surface area contributed by atoms with E-state index in [0.29, 0.717) is 80.3 Å². The maximum atomic E-state index is 12.5. The first kappa shape index (κ1) is 60.0. The molecule has 12 aromatic rings. The van der Waals surface area contributed by atoms with Crippen LogP contribution in [0.25, 0.3) is 66.5 Å². The molecule has 0 bridgehead atoms. The van der Waals surface area contributed by atoms with E-state index in [1.54, 1.807) is 12.4 Å². The average molecular weight is 1180 g/mol. The maximum Gasteiger partial charge on any atom is 0.328 e. The third-order valence-corrected chi connectivity index (χ3v) is 17.6. The molecule has 2 unspecified atom stereocenters. The number of benzene rings is 8. The molecule has 0 aliphatic rings. The van der Waals surface area contributed by atoms with E-state index in [1.807, 2.05) is 72.8 Å². The molecule has 2 atom stereocenters. The lowest BCUT2D eigenvalue weighted by atomic mass is 9.50. The molecule has 0 aliphatic carbocycles. The molecule has 12 heteroatoms. The molecule has 0 fully saturated rings. The fourth-order valence-electron chi connectivity index (χ4n) is 12.8. The van der Waals surface area contributed by atoms with Gasteiger partial charge < -0.3 is 18.4 Å². The van der Waals surface area contributed by atoms with E-state index in [-0.39, 0.29) is 0 Å². The number of nitriles is 2. The summed E-state index contributed by atoms with van der Waals surface area (Å²) < 4.78 is 18.1. The fraction of sp³-hybridized carbons (Fsp3) is 0.205. The van der Waals surface area contributed by atoms with Crippen molar-refractivity contribution in [3.63, 3.8) is 0 Å². The van der Waals surface area contributed by atoms with Crippen LogP contribution in [0.4, 0.5) is 0 Å². The second-order valence-electron chi connectivity index (χ2n) is 23.3. The normalized spacial score (nSPS) is 12.7. The Morgan fingerprint density at radius 1 is 0.422 bits per heavy atom. The zero-order chi connectivity index (χ0) is 61.8. The van der Waals surface area contributed by atoms with Crippen molar-refractivity contribution in [3.05, 3.63) is 253 Å². The Bertz CT molecular complexity index is 4260. The Morgan fingerprint density at radius 2 is 0.744 bits per heavy atom. The lowest BCUT2D eigenvalue weighted by molar-refractivity contribution is 0.233. The van der Waals surface area contributed by atoms with Gasteiger partial charge in [0.1, 0.15) is 46.2 Å². The second-order valence-corrected chi connectivity index (χ2v) is 23.3. The van der Waals surface area contributed by atoms with Crippen LogP contribution in [0.2, 0.25) is 0 Å². The van der Waals surface area contributed by atoms with Crippen molar-refractivity contribution in [2.45, 2.75) is 79.1 Å². The van der Waals surface area contributed by atoms with E-state index in [2.05, 4.69) is 194 Å². The van der Waals surface area contributed by atoms with Gasteiger partial charge in [0.15, 0.2) is 0 Å². The Labute approximate surface area is 528 Å². The highest BCUT2D eigenvalue weighted by Gasteiger charge is 2.37. The number of fused-ring (bicyclic) bond motifs is 3. The van der Waals surface area contributed by atoms with Crippen LogP contribution >= 0.6 is 0 Å². The van der Waals surface area contributed by atoms with Crippen LogP contribution in [0.15, 0.2) is 231 Å². The van der Waals surface area contributed by atoms with E-state index < -0.39 is 13.7 Å². The average Bonchev–Trinajstić information content (AvgIpc) is 1.53. The summed E-state index contributed by atoms with van der Waals surface area (Å²) in [6, 6.07) is 79.9. The van der Waals surface area contributed by atoms with Gasteiger partial charge in [-0.2, -0.15) is 10.5 Å². The van der Waals surface area contributed by atoms with Crippen LogP contribution in [0, 0.1) is 34.5 Å². The van der Waals surface area contributed by atoms with Gasteiger partial charge in [0.25, 0.3) is 0 Å². The number of para-hydroxylation sites is 4. The van der Waals surface area contributed by atoms with Crippen molar-refractivity contribution in [1.82, 2.24) is 28.9 Å². The highest BCUT2D eigenvalue weighted by Crippen LogP contribution is 2.38. The molecule has 0 radical (unpaired) electrons. The summed E-state index contributed by atoms with van der Waals surface area (Å²) in [6.45, 7) is 9.00. The zero-order valence-electron chi connectivity index (χ0n) is 51.7. The van der Waals surface area contributed by atoms with E-state index in [0.717, 1.165) is 118 Å². The third kappa shape index (κ3) is 12.4. The SMILES string of the molecule is CCCCC(CC)COc1ccc(-c2c3/c(=C(\C#N)c4cnc5ccccc5n4)n(B(c4ccccc4)c4ccccc4)c(-c4ccc(OCC(CC)CCCC)cc4)c3/c(=C(\C#N)c3cnc4ccccc4n3)n2B(c2ccccc2)c2ccccc2)cc1. The van der Waals surface area contributed by atoms with E-state index in [1.165, 1.54) is 0 Å². The summed E-state index contributed by atoms with van der Waals surface area (Å²) in [5.41, 5.74) is 11.1. The molecule has 8 aromatic carbocycles. The van der Waals surface area contributed by atoms with E-state index >= 15 is 0 Å². The summed E-state index contributed by atoms with van der Waals surface area (Å²) in [4.78, 5) is 20.7. The van der Waals surface area contributed by atoms with Crippen molar-refractivity contribution < 1.29 is 9.47 Å². The van der Waals surface area contributed by atoms with Crippen molar-refractivity contribution in [3.8, 4) is 46.2 Å². The first-order valence-corrected chi connectivity index (χ1v) is 31.9. The molecular formula is C78H72B2N8O2. The van der Waals surface area contributed by atoms with Gasteiger partial charge in [-0.1, -0.05) is 234 Å². The fourth-order valence-corrected chi connectivity index (χ4v) is 12.8. The van der Waals surface area contributed by atoms with Gasteiger partial charge in [-0.3, -0.25) is 9.97 Å². The molecule has 0 aliphatic heterocycles. The first-order chi connectivity index (χ1) is 44.4. The summed E-state index contributed by atoms with van der Waals surface area (Å²) in [7, 11) is 0.